The summed E-state index contributed by atoms with van der Waals surface area (Å²) >= 11 is 0. The van der Waals surface area contributed by atoms with Crippen LogP contribution in [-0.4, -0.2) is 15.9 Å². The highest BCUT2D eigenvalue weighted by Gasteiger charge is 2.36. The van der Waals surface area contributed by atoms with Crippen molar-refractivity contribution in [3.63, 3.8) is 0 Å². The van der Waals surface area contributed by atoms with Crippen LogP contribution in [0.15, 0.2) is 30.5 Å². The van der Waals surface area contributed by atoms with Gasteiger partial charge in [-0.05, 0) is 36.8 Å². The first kappa shape index (κ1) is 18.7. The third-order valence-corrected chi connectivity index (χ3v) is 3.11. The zero-order valence-corrected chi connectivity index (χ0v) is 12.7. The van der Waals surface area contributed by atoms with Gasteiger partial charge in [0.05, 0.1) is 11.1 Å². The number of carbonyl (C=O) groups excluding carboxylic acids is 1. The van der Waals surface area contributed by atoms with Crippen molar-refractivity contribution >= 4 is 5.91 Å². The van der Waals surface area contributed by atoms with Crippen LogP contribution < -0.4 is 5.32 Å². The van der Waals surface area contributed by atoms with E-state index < -0.39 is 35.9 Å². The molecule has 134 valence electrons. The molecule has 2 rings (SSSR count). The van der Waals surface area contributed by atoms with Crippen molar-refractivity contribution in [1.82, 2.24) is 15.3 Å². The SMILES string of the molecule is Cc1nccc(C(=O)NCc2cc(C(F)(F)F)cc(C(F)(F)F)c2)n1. The van der Waals surface area contributed by atoms with E-state index in [1.807, 2.05) is 0 Å². The van der Waals surface area contributed by atoms with Crippen LogP contribution in [0.3, 0.4) is 0 Å². The van der Waals surface area contributed by atoms with Gasteiger partial charge in [-0.25, -0.2) is 9.97 Å². The highest BCUT2D eigenvalue weighted by Crippen LogP contribution is 2.36. The van der Waals surface area contributed by atoms with Gasteiger partial charge < -0.3 is 5.32 Å². The number of alkyl halides is 6. The molecule has 0 aliphatic carbocycles. The Kier molecular flexibility index (Phi) is 5.00. The zero-order valence-electron chi connectivity index (χ0n) is 12.7. The second-order valence-electron chi connectivity index (χ2n) is 5.09. The number of aryl methyl sites for hydroxylation is 1. The fourth-order valence-electron chi connectivity index (χ4n) is 1.98. The molecule has 1 N–H and O–H groups in total. The molecule has 0 fully saturated rings. The third kappa shape index (κ3) is 4.91. The lowest BCUT2D eigenvalue weighted by atomic mass is 10.0. The molecule has 0 aliphatic heterocycles. The number of rotatable bonds is 3. The number of nitrogens with zero attached hydrogens (tertiary/aromatic N) is 2. The van der Waals surface area contributed by atoms with Gasteiger partial charge in [-0.3, -0.25) is 4.79 Å². The molecule has 2 aromatic rings. The highest BCUT2D eigenvalue weighted by molar-refractivity contribution is 5.92. The van der Waals surface area contributed by atoms with Gasteiger partial charge in [0.1, 0.15) is 11.5 Å². The van der Waals surface area contributed by atoms with Crippen molar-refractivity contribution < 1.29 is 31.1 Å². The Balaban J connectivity index is 2.25. The van der Waals surface area contributed by atoms with Crippen molar-refractivity contribution in [3.8, 4) is 0 Å². The number of amides is 1. The maximum absolute atomic E-state index is 12.8. The van der Waals surface area contributed by atoms with Crippen LogP contribution in [0.1, 0.15) is 33.0 Å². The lowest BCUT2D eigenvalue weighted by molar-refractivity contribution is -0.143. The Morgan fingerprint density at radius 3 is 2.08 bits per heavy atom. The van der Waals surface area contributed by atoms with Gasteiger partial charge in [0.25, 0.3) is 5.91 Å². The molecule has 0 bridgehead atoms. The van der Waals surface area contributed by atoms with Crippen molar-refractivity contribution in [1.29, 1.82) is 0 Å². The second-order valence-corrected chi connectivity index (χ2v) is 5.09. The first-order chi connectivity index (χ1) is 11.5. The standard InChI is InChI=1S/C15H11F6N3O/c1-8-22-3-2-12(24-8)13(25)23-7-9-4-10(14(16,17)18)6-11(5-9)15(19,20)21/h2-6H,7H2,1H3,(H,23,25). The Labute approximate surface area is 137 Å². The minimum atomic E-state index is -4.94. The molecule has 0 atom stereocenters. The topological polar surface area (TPSA) is 54.9 Å². The van der Waals surface area contributed by atoms with Crippen LogP contribution in [0, 0.1) is 6.92 Å². The molecule has 0 radical (unpaired) electrons. The third-order valence-electron chi connectivity index (χ3n) is 3.11. The number of halogens is 6. The van der Waals surface area contributed by atoms with E-state index in [9.17, 15) is 31.1 Å². The van der Waals surface area contributed by atoms with Crippen molar-refractivity contribution in [2.24, 2.45) is 0 Å². The summed E-state index contributed by atoms with van der Waals surface area (Å²) < 4.78 is 76.6. The van der Waals surface area contributed by atoms with E-state index >= 15 is 0 Å². The van der Waals surface area contributed by atoms with Crippen LogP contribution in [0.2, 0.25) is 0 Å². The van der Waals surface area contributed by atoms with E-state index in [-0.39, 0.29) is 17.3 Å². The predicted molar refractivity (Wildman–Crippen MR) is 74.4 cm³/mol. The summed E-state index contributed by atoms with van der Waals surface area (Å²) in [5.41, 5.74) is -3.26. The van der Waals surface area contributed by atoms with E-state index in [0.717, 1.165) is 0 Å². The number of nitrogens with one attached hydrogen (secondary N) is 1. The van der Waals surface area contributed by atoms with Crippen molar-refractivity contribution in [3.05, 3.63) is 58.7 Å². The molecule has 1 aromatic heterocycles. The van der Waals surface area contributed by atoms with Crippen molar-refractivity contribution in [2.45, 2.75) is 25.8 Å². The van der Waals surface area contributed by atoms with E-state index in [1.54, 1.807) is 0 Å². The van der Waals surface area contributed by atoms with Crippen LogP contribution in [0.4, 0.5) is 26.3 Å². The quantitative estimate of drug-likeness (QED) is 0.845. The van der Waals surface area contributed by atoms with Gasteiger partial charge in [-0.2, -0.15) is 26.3 Å². The molecular weight excluding hydrogens is 352 g/mol. The minimum absolute atomic E-state index is 0.0269. The molecule has 0 aliphatic rings. The summed E-state index contributed by atoms with van der Waals surface area (Å²) in [6.45, 7) is 1.01. The number of benzene rings is 1. The van der Waals surface area contributed by atoms with Gasteiger partial charge in [0.15, 0.2) is 0 Å². The second kappa shape index (κ2) is 6.69. The predicted octanol–water partition coefficient (Wildman–Crippen LogP) is 3.75. The summed E-state index contributed by atoms with van der Waals surface area (Å²) in [5, 5.41) is 2.24. The van der Waals surface area contributed by atoms with Gasteiger partial charge in [0.2, 0.25) is 0 Å². The van der Waals surface area contributed by atoms with E-state index in [1.165, 1.54) is 19.2 Å². The maximum Gasteiger partial charge on any atom is 0.416 e. The highest BCUT2D eigenvalue weighted by atomic mass is 19.4. The van der Waals surface area contributed by atoms with Gasteiger partial charge >= 0.3 is 12.4 Å². The van der Waals surface area contributed by atoms with Crippen molar-refractivity contribution in [2.75, 3.05) is 0 Å². The number of hydrogen-bond acceptors (Lipinski definition) is 3. The Morgan fingerprint density at radius 2 is 1.60 bits per heavy atom. The smallest absolute Gasteiger partial charge is 0.347 e. The molecular formula is C15H11F6N3O. The largest absolute Gasteiger partial charge is 0.416 e. The monoisotopic (exact) mass is 363 g/mol. The summed E-state index contributed by atoms with van der Waals surface area (Å²) in [6.07, 6.45) is -8.57. The van der Waals surface area contributed by atoms with Crippen LogP contribution in [0.5, 0.6) is 0 Å². The molecule has 0 spiro atoms. The Hall–Kier alpha value is -2.65. The van der Waals surface area contributed by atoms with Gasteiger partial charge in [0, 0.05) is 12.7 Å². The van der Waals surface area contributed by atoms with Gasteiger partial charge in [-0.1, -0.05) is 0 Å². The minimum Gasteiger partial charge on any atom is -0.347 e. The zero-order chi connectivity index (χ0) is 18.8. The molecule has 10 heteroatoms. The fourth-order valence-corrected chi connectivity index (χ4v) is 1.98. The summed E-state index contributed by atoms with van der Waals surface area (Å²) in [4.78, 5) is 19.5. The molecule has 1 aromatic carbocycles. The van der Waals surface area contributed by atoms with E-state index in [4.69, 9.17) is 0 Å². The molecule has 4 nitrogen and oxygen atoms in total. The Bertz CT molecular complexity index is 753. The molecule has 1 amide bonds. The number of hydrogen-bond donors (Lipinski definition) is 1. The Morgan fingerprint density at radius 1 is 1.04 bits per heavy atom. The number of aromatic nitrogens is 2. The van der Waals surface area contributed by atoms with Crippen LogP contribution in [0.25, 0.3) is 0 Å². The molecule has 25 heavy (non-hydrogen) atoms. The number of carbonyl (C=O) groups is 1. The lowest BCUT2D eigenvalue weighted by Gasteiger charge is -2.14. The molecule has 0 saturated carbocycles. The van der Waals surface area contributed by atoms with Crippen LogP contribution >= 0.6 is 0 Å². The molecule has 0 unspecified atom stereocenters. The summed E-state index contributed by atoms with van der Waals surface area (Å²) in [5.74, 6) is -0.442. The normalized spacial score (nSPS) is 12.1. The average molecular weight is 363 g/mol. The average Bonchev–Trinajstić information content (AvgIpc) is 2.50. The first-order valence-electron chi connectivity index (χ1n) is 6.83. The van der Waals surface area contributed by atoms with Crippen LogP contribution in [-0.2, 0) is 18.9 Å². The van der Waals surface area contributed by atoms with Gasteiger partial charge in [-0.15, -0.1) is 0 Å². The summed E-state index contributed by atoms with van der Waals surface area (Å²) in [6, 6.07) is 2.41. The van der Waals surface area contributed by atoms with E-state index in [2.05, 4.69) is 15.3 Å². The lowest BCUT2D eigenvalue weighted by Crippen LogP contribution is -2.24. The summed E-state index contributed by atoms with van der Waals surface area (Å²) in [7, 11) is 0. The first-order valence-corrected chi connectivity index (χ1v) is 6.83. The molecule has 1 heterocycles. The maximum atomic E-state index is 12.8. The van der Waals surface area contributed by atoms with E-state index in [0.29, 0.717) is 18.0 Å². The fraction of sp³-hybridized carbons (Fsp3) is 0.267. The molecule has 0 saturated heterocycles.